The third kappa shape index (κ3) is 4.96. The van der Waals surface area contributed by atoms with E-state index in [2.05, 4.69) is 38.0 Å². The highest BCUT2D eigenvalue weighted by Crippen LogP contribution is 2.54. The number of amides is 4. The van der Waals surface area contributed by atoms with Crippen molar-refractivity contribution in [1.82, 2.24) is 25.0 Å². The Kier molecular flexibility index (Phi) is 6.85. The molecule has 4 fully saturated rings. The van der Waals surface area contributed by atoms with Gasteiger partial charge in [0.05, 0.1) is 17.6 Å². The smallest absolute Gasteiger partial charge is 0.265 e. The van der Waals surface area contributed by atoms with E-state index in [0.717, 1.165) is 19.3 Å². The molecule has 3 saturated heterocycles. The van der Waals surface area contributed by atoms with Crippen molar-refractivity contribution in [2.75, 3.05) is 39.3 Å². The van der Waals surface area contributed by atoms with Crippen LogP contribution in [0.3, 0.4) is 0 Å². The highest BCUT2D eigenvalue weighted by Gasteiger charge is 2.62. The Hall–Kier alpha value is -2.49. The molecule has 4 heterocycles. The van der Waals surface area contributed by atoms with Crippen LogP contribution in [0.15, 0.2) is 11.7 Å². The van der Waals surface area contributed by atoms with Crippen molar-refractivity contribution in [3.05, 3.63) is 16.6 Å². The number of carbonyl (C=O) groups is 4. The quantitative estimate of drug-likeness (QED) is 0.594. The van der Waals surface area contributed by atoms with Gasteiger partial charge in [-0.3, -0.25) is 24.2 Å². The van der Waals surface area contributed by atoms with Gasteiger partial charge in [0.1, 0.15) is 10.9 Å². The topological polar surface area (TPSA) is 103 Å². The van der Waals surface area contributed by atoms with Crippen LogP contribution in [0.25, 0.3) is 0 Å². The molecule has 1 spiro atoms. The Morgan fingerprint density at radius 3 is 2.21 bits per heavy atom. The van der Waals surface area contributed by atoms with Crippen LogP contribution in [0.5, 0.6) is 0 Å². The molecule has 0 radical (unpaired) electrons. The molecule has 208 valence electrons. The number of hydrogen-bond donors (Lipinski definition) is 1. The summed E-state index contributed by atoms with van der Waals surface area (Å²) in [7, 11) is 0. The Bertz CT molecular complexity index is 1100. The standard InChI is InChI=1S/C28H41N5O4S/c1-6-20(24(36)31-9-7-26(2,3)8-10-31)30-22(34)19-13-32(25(37)21-12-29-17-38-21)14-28(19)15-33(16-28)23(35)18-11-27(18,4)5/h12,17-20H,6-11,13-16H2,1-5H3,(H,30,34)/t18-,19+,20+/m1/s1. The maximum absolute atomic E-state index is 13.8. The highest BCUT2D eigenvalue weighted by atomic mass is 32.1. The Labute approximate surface area is 229 Å². The van der Waals surface area contributed by atoms with Crippen LogP contribution in [-0.2, 0) is 14.4 Å². The van der Waals surface area contributed by atoms with Crippen molar-refractivity contribution < 1.29 is 19.2 Å². The minimum atomic E-state index is -0.586. The molecule has 3 atom stereocenters. The van der Waals surface area contributed by atoms with Crippen molar-refractivity contribution in [3.63, 3.8) is 0 Å². The van der Waals surface area contributed by atoms with Crippen LogP contribution in [0.2, 0.25) is 0 Å². The first kappa shape index (κ1) is 27.1. The van der Waals surface area contributed by atoms with Crippen molar-refractivity contribution >= 4 is 35.0 Å². The van der Waals surface area contributed by atoms with Gasteiger partial charge in [-0.1, -0.05) is 34.6 Å². The number of piperidine rings is 1. The van der Waals surface area contributed by atoms with E-state index in [0.29, 0.717) is 44.0 Å². The molecule has 1 aliphatic carbocycles. The number of rotatable bonds is 6. The van der Waals surface area contributed by atoms with E-state index in [1.807, 2.05) is 16.7 Å². The summed E-state index contributed by atoms with van der Waals surface area (Å²) in [4.78, 5) is 63.4. The monoisotopic (exact) mass is 543 g/mol. The molecular weight excluding hydrogens is 502 g/mol. The molecule has 0 bridgehead atoms. The van der Waals surface area contributed by atoms with Crippen LogP contribution < -0.4 is 5.32 Å². The summed E-state index contributed by atoms with van der Waals surface area (Å²) in [6.07, 6.45) is 4.86. The SMILES string of the molecule is CC[C@H](NC(=O)[C@@H]1CN(C(=O)c2cncs2)CC12CN(C(=O)[C@H]1CC1(C)C)C2)C(=O)N1CCC(C)(C)CC1. The normalized spacial score (nSPS) is 27.6. The fraction of sp³-hybridized carbons (Fsp3) is 0.750. The average Bonchev–Trinajstić information content (AvgIpc) is 3.24. The van der Waals surface area contributed by atoms with Crippen molar-refractivity contribution in [1.29, 1.82) is 0 Å². The van der Waals surface area contributed by atoms with Crippen molar-refractivity contribution in [2.24, 2.45) is 28.1 Å². The zero-order valence-electron chi connectivity index (χ0n) is 23.3. The molecule has 3 aliphatic heterocycles. The van der Waals surface area contributed by atoms with E-state index in [-0.39, 0.29) is 46.9 Å². The molecule has 1 saturated carbocycles. The summed E-state index contributed by atoms with van der Waals surface area (Å²) < 4.78 is 0. The highest BCUT2D eigenvalue weighted by molar-refractivity contribution is 7.11. The van der Waals surface area contributed by atoms with Crippen LogP contribution in [0.4, 0.5) is 0 Å². The van der Waals surface area contributed by atoms with Crippen LogP contribution >= 0.6 is 11.3 Å². The number of nitrogens with one attached hydrogen (secondary N) is 1. The van der Waals surface area contributed by atoms with Crippen LogP contribution in [0.1, 0.15) is 70.0 Å². The molecule has 1 N–H and O–H groups in total. The second-order valence-corrected chi connectivity index (χ2v) is 14.3. The fourth-order valence-corrected chi connectivity index (χ4v) is 7.01. The van der Waals surface area contributed by atoms with E-state index >= 15 is 0 Å². The molecule has 1 aromatic rings. The lowest BCUT2D eigenvalue weighted by Gasteiger charge is -2.50. The lowest BCUT2D eigenvalue weighted by Crippen LogP contribution is -2.65. The van der Waals surface area contributed by atoms with Gasteiger partial charge in [-0.05, 0) is 36.5 Å². The minimum absolute atomic E-state index is 0.0256. The maximum Gasteiger partial charge on any atom is 0.265 e. The van der Waals surface area contributed by atoms with E-state index in [4.69, 9.17) is 0 Å². The molecule has 10 heteroatoms. The summed E-state index contributed by atoms with van der Waals surface area (Å²) in [5.74, 6) is -0.628. The van der Waals surface area contributed by atoms with Crippen molar-refractivity contribution in [2.45, 2.75) is 66.3 Å². The molecule has 1 aromatic heterocycles. The van der Waals surface area contributed by atoms with Crippen molar-refractivity contribution in [3.8, 4) is 0 Å². The molecular formula is C28H41N5O4S. The summed E-state index contributed by atoms with van der Waals surface area (Å²) in [5, 5.41) is 3.06. The van der Waals surface area contributed by atoms with E-state index in [1.165, 1.54) is 11.3 Å². The van der Waals surface area contributed by atoms with E-state index < -0.39 is 17.4 Å². The van der Waals surface area contributed by atoms with Gasteiger partial charge in [-0.2, -0.15) is 0 Å². The molecule has 0 unspecified atom stereocenters. The molecule has 38 heavy (non-hydrogen) atoms. The molecule has 4 aliphatic rings. The van der Waals surface area contributed by atoms with Gasteiger partial charge in [0.2, 0.25) is 17.7 Å². The largest absolute Gasteiger partial charge is 0.344 e. The number of likely N-dealkylation sites (tertiary alicyclic amines) is 3. The summed E-state index contributed by atoms with van der Waals surface area (Å²) in [6.45, 7) is 13.6. The predicted molar refractivity (Wildman–Crippen MR) is 144 cm³/mol. The Morgan fingerprint density at radius 2 is 1.66 bits per heavy atom. The number of thiazole rings is 1. The average molecular weight is 544 g/mol. The summed E-state index contributed by atoms with van der Waals surface area (Å²) in [6, 6.07) is -0.586. The van der Waals surface area contributed by atoms with Gasteiger partial charge in [-0.25, -0.2) is 0 Å². The molecule has 0 aromatic carbocycles. The molecule has 9 nitrogen and oxygen atoms in total. The first-order valence-electron chi connectivity index (χ1n) is 13.9. The summed E-state index contributed by atoms with van der Waals surface area (Å²) in [5.41, 5.74) is 1.41. The third-order valence-electron chi connectivity index (χ3n) is 9.48. The molecule has 4 amide bonds. The minimum Gasteiger partial charge on any atom is -0.344 e. The van der Waals surface area contributed by atoms with Crippen LogP contribution in [-0.4, -0.2) is 88.6 Å². The third-order valence-corrected chi connectivity index (χ3v) is 10.2. The Balaban J connectivity index is 1.29. The zero-order chi connectivity index (χ0) is 27.5. The lowest BCUT2D eigenvalue weighted by atomic mass is 9.70. The second kappa shape index (κ2) is 9.61. The Morgan fingerprint density at radius 1 is 1.03 bits per heavy atom. The van der Waals surface area contributed by atoms with Gasteiger partial charge >= 0.3 is 0 Å². The molecule has 5 rings (SSSR count). The second-order valence-electron chi connectivity index (χ2n) is 13.4. The first-order valence-corrected chi connectivity index (χ1v) is 14.8. The van der Waals surface area contributed by atoms with Gasteiger partial charge in [0.25, 0.3) is 5.91 Å². The number of carbonyl (C=O) groups excluding carboxylic acids is 4. The maximum atomic E-state index is 13.8. The lowest BCUT2D eigenvalue weighted by molar-refractivity contribution is -0.152. The number of hydrogen-bond acceptors (Lipinski definition) is 6. The van der Waals surface area contributed by atoms with Gasteiger partial charge in [0, 0.05) is 50.6 Å². The van der Waals surface area contributed by atoms with Gasteiger partial charge < -0.3 is 20.0 Å². The predicted octanol–water partition coefficient (Wildman–Crippen LogP) is 2.63. The number of nitrogens with zero attached hydrogens (tertiary/aromatic N) is 4. The summed E-state index contributed by atoms with van der Waals surface area (Å²) >= 11 is 1.29. The number of aromatic nitrogens is 1. The fourth-order valence-electron chi connectivity index (χ4n) is 6.42. The first-order chi connectivity index (χ1) is 17.9. The zero-order valence-corrected chi connectivity index (χ0v) is 24.1. The van der Waals surface area contributed by atoms with Gasteiger partial charge in [0.15, 0.2) is 0 Å². The van der Waals surface area contributed by atoms with E-state index in [9.17, 15) is 19.2 Å². The van der Waals surface area contributed by atoms with Crippen LogP contribution in [0, 0.1) is 28.1 Å². The van der Waals surface area contributed by atoms with E-state index in [1.54, 1.807) is 16.6 Å². The van der Waals surface area contributed by atoms with Gasteiger partial charge in [-0.15, -0.1) is 11.3 Å².